The largest absolute Gasteiger partial charge is 0.466 e. The third kappa shape index (κ3) is 1.84. The molecule has 2 heteroatoms. The van der Waals surface area contributed by atoms with Gasteiger partial charge in [0.15, 0.2) is 0 Å². The van der Waals surface area contributed by atoms with Gasteiger partial charge in [0.1, 0.15) is 0 Å². The van der Waals surface area contributed by atoms with Gasteiger partial charge >= 0.3 is 5.97 Å². The third-order valence-electron chi connectivity index (χ3n) is 3.39. The Morgan fingerprint density at radius 1 is 1.29 bits per heavy atom. The number of hydrogen-bond donors (Lipinski definition) is 0. The summed E-state index contributed by atoms with van der Waals surface area (Å²) in [5, 5.41) is 0. The molecule has 1 unspecified atom stereocenters. The number of rotatable bonds is 2. The minimum Gasteiger partial charge on any atom is -0.466 e. The first-order chi connectivity index (χ1) is 6.84. The highest BCUT2D eigenvalue weighted by molar-refractivity contribution is 5.76. The molecule has 1 saturated carbocycles. The van der Waals surface area contributed by atoms with Crippen molar-refractivity contribution in [3.63, 3.8) is 0 Å². The van der Waals surface area contributed by atoms with Crippen molar-refractivity contribution >= 4 is 5.97 Å². The number of carbonyl (C=O) groups excluding carboxylic acids is 1. The predicted molar refractivity (Wildman–Crippen MR) is 54.7 cm³/mol. The fourth-order valence-electron chi connectivity index (χ4n) is 2.63. The van der Waals surface area contributed by atoms with Gasteiger partial charge in [0.05, 0.1) is 12.5 Å². The molecule has 0 bridgehead atoms. The first-order valence-electron chi connectivity index (χ1n) is 5.66. The van der Waals surface area contributed by atoms with E-state index in [1.165, 1.54) is 12.8 Å². The zero-order valence-corrected chi connectivity index (χ0v) is 8.74. The Bertz CT molecular complexity index is 229. The summed E-state index contributed by atoms with van der Waals surface area (Å²) in [6.45, 7) is 2.40. The van der Waals surface area contributed by atoms with E-state index in [0.29, 0.717) is 18.4 Å². The maximum absolute atomic E-state index is 11.6. The number of carbonyl (C=O) groups is 1. The van der Waals surface area contributed by atoms with Crippen molar-refractivity contribution < 1.29 is 9.53 Å². The van der Waals surface area contributed by atoms with Gasteiger partial charge in [0.2, 0.25) is 0 Å². The number of hydrogen-bond acceptors (Lipinski definition) is 2. The van der Waals surface area contributed by atoms with Crippen molar-refractivity contribution in [1.82, 2.24) is 0 Å². The van der Waals surface area contributed by atoms with Crippen molar-refractivity contribution in [2.24, 2.45) is 17.8 Å². The van der Waals surface area contributed by atoms with Gasteiger partial charge < -0.3 is 4.74 Å². The van der Waals surface area contributed by atoms with Crippen LogP contribution in [0.1, 0.15) is 32.6 Å². The van der Waals surface area contributed by atoms with E-state index < -0.39 is 0 Å². The fraction of sp³-hybridized carbons (Fsp3) is 0.750. The quantitative estimate of drug-likeness (QED) is 0.499. The van der Waals surface area contributed by atoms with E-state index in [1.54, 1.807) is 0 Å². The van der Waals surface area contributed by atoms with Gasteiger partial charge in [-0.25, -0.2) is 0 Å². The maximum atomic E-state index is 11.6. The normalized spacial score (nSPS) is 35.4. The Labute approximate surface area is 85.3 Å². The Morgan fingerprint density at radius 3 is 2.36 bits per heavy atom. The second-order valence-corrected chi connectivity index (χ2v) is 4.23. The predicted octanol–water partition coefficient (Wildman–Crippen LogP) is 2.54. The summed E-state index contributed by atoms with van der Waals surface area (Å²) in [5.41, 5.74) is 0. The van der Waals surface area contributed by atoms with Crippen LogP contribution in [0.25, 0.3) is 0 Å². The van der Waals surface area contributed by atoms with E-state index in [2.05, 4.69) is 12.2 Å². The van der Waals surface area contributed by atoms with Crippen molar-refractivity contribution in [1.29, 1.82) is 0 Å². The molecule has 0 aliphatic heterocycles. The molecule has 0 N–H and O–H groups in total. The van der Waals surface area contributed by atoms with E-state index in [9.17, 15) is 4.79 Å². The molecule has 78 valence electrons. The Hall–Kier alpha value is -0.790. The first-order valence-corrected chi connectivity index (χ1v) is 5.66. The Morgan fingerprint density at radius 2 is 1.86 bits per heavy atom. The molecule has 0 heterocycles. The molecule has 3 atom stereocenters. The molecule has 0 amide bonds. The van der Waals surface area contributed by atoms with Gasteiger partial charge in [-0.15, -0.1) is 0 Å². The lowest BCUT2D eigenvalue weighted by Gasteiger charge is -1.99. The number of fused-ring (bicyclic) bond motifs is 1. The molecule has 0 aromatic heterocycles. The number of allylic oxidation sites excluding steroid dienone is 2. The van der Waals surface area contributed by atoms with Crippen molar-refractivity contribution in [3.05, 3.63) is 12.2 Å². The van der Waals surface area contributed by atoms with Gasteiger partial charge in [0.25, 0.3) is 0 Å². The average Bonchev–Trinajstić information content (AvgIpc) is 2.77. The molecular formula is C12H18O2. The molecule has 2 rings (SSSR count). The summed E-state index contributed by atoms with van der Waals surface area (Å²) >= 11 is 0. The molecule has 2 nitrogen and oxygen atoms in total. The molecule has 0 saturated heterocycles. The third-order valence-corrected chi connectivity index (χ3v) is 3.39. The zero-order valence-electron chi connectivity index (χ0n) is 8.74. The van der Waals surface area contributed by atoms with Crippen LogP contribution < -0.4 is 0 Å². The average molecular weight is 194 g/mol. The molecule has 2 aliphatic carbocycles. The summed E-state index contributed by atoms with van der Waals surface area (Å²) in [6, 6.07) is 0. The lowest BCUT2D eigenvalue weighted by Crippen LogP contribution is -2.08. The van der Waals surface area contributed by atoms with Crippen LogP contribution in [0.3, 0.4) is 0 Å². The highest BCUT2D eigenvalue weighted by Gasteiger charge is 2.54. The molecule has 0 spiro atoms. The Kier molecular flexibility index (Phi) is 2.90. The smallest absolute Gasteiger partial charge is 0.309 e. The lowest BCUT2D eigenvalue weighted by atomic mass is 10.1. The highest BCUT2D eigenvalue weighted by atomic mass is 16.5. The SMILES string of the molecule is CCOC(=O)C1[C@H]2CCC=CCC[C@@H]12. The number of esters is 1. The second kappa shape index (κ2) is 4.16. The van der Waals surface area contributed by atoms with E-state index in [-0.39, 0.29) is 11.9 Å². The van der Waals surface area contributed by atoms with E-state index in [4.69, 9.17) is 4.74 Å². The monoisotopic (exact) mass is 194 g/mol. The van der Waals surface area contributed by atoms with E-state index in [0.717, 1.165) is 12.8 Å². The van der Waals surface area contributed by atoms with Crippen LogP contribution in [0, 0.1) is 17.8 Å². The number of ether oxygens (including phenoxy) is 1. The van der Waals surface area contributed by atoms with Crippen LogP contribution in [-0.4, -0.2) is 12.6 Å². The summed E-state index contributed by atoms with van der Waals surface area (Å²) < 4.78 is 5.08. The molecular weight excluding hydrogens is 176 g/mol. The molecule has 14 heavy (non-hydrogen) atoms. The van der Waals surface area contributed by atoms with Crippen molar-refractivity contribution in [2.75, 3.05) is 6.61 Å². The standard InChI is InChI=1S/C12H18O2/c1-2-14-12(13)11-9-7-5-3-4-6-8-10(9)11/h3-4,9-11H,2,5-8H2,1H3/t9-,10+,11?. The molecule has 2 aliphatic rings. The van der Waals surface area contributed by atoms with Gasteiger partial charge in [-0.2, -0.15) is 0 Å². The van der Waals surface area contributed by atoms with Crippen LogP contribution >= 0.6 is 0 Å². The molecule has 1 fully saturated rings. The molecule has 0 radical (unpaired) electrons. The summed E-state index contributed by atoms with van der Waals surface area (Å²) in [5.74, 6) is 1.53. The van der Waals surface area contributed by atoms with Crippen LogP contribution in [0.2, 0.25) is 0 Å². The fourth-order valence-corrected chi connectivity index (χ4v) is 2.63. The first kappa shape index (κ1) is 9.75. The maximum Gasteiger partial charge on any atom is 0.309 e. The zero-order chi connectivity index (χ0) is 9.97. The van der Waals surface area contributed by atoms with Crippen LogP contribution in [0.15, 0.2) is 12.2 Å². The topological polar surface area (TPSA) is 26.3 Å². The summed E-state index contributed by atoms with van der Waals surface area (Å²) in [7, 11) is 0. The van der Waals surface area contributed by atoms with Crippen molar-refractivity contribution in [2.45, 2.75) is 32.6 Å². The summed E-state index contributed by atoms with van der Waals surface area (Å²) in [6.07, 6.45) is 9.11. The van der Waals surface area contributed by atoms with Gasteiger partial charge in [-0.1, -0.05) is 12.2 Å². The molecule has 0 aromatic rings. The summed E-state index contributed by atoms with van der Waals surface area (Å²) in [4.78, 5) is 11.6. The molecule has 0 aromatic carbocycles. The Balaban J connectivity index is 1.90. The van der Waals surface area contributed by atoms with E-state index >= 15 is 0 Å². The van der Waals surface area contributed by atoms with Gasteiger partial charge in [-0.05, 0) is 44.4 Å². The second-order valence-electron chi connectivity index (χ2n) is 4.23. The van der Waals surface area contributed by atoms with Crippen LogP contribution in [-0.2, 0) is 9.53 Å². The van der Waals surface area contributed by atoms with Crippen LogP contribution in [0.4, 0.5) is 0 Å². The highest BCUT2D eigenvalue weighted by Crippen LogP contribution is 2.53. The lowest BCUT2D eigenvalue weighted by molar-refractivity contribution is -0.145. The van der Waals surface area contributed by atoms with E-state index in [1.807, 2.05) is 6.92 Å². The minimum absolute atomic E-state index is 0.0457. The van der Waals surface area contributed by atoms with Gasteiger partial charge in [0, 0.05) is 0 Å². The van der Waals surface area contributed by atoms with Gasteiger partial charge in [-0.3, -0.25) is 4.79 Å². The van der Waals surface area contributed by atoms with Crippen LogP contribution in [0.5, 0.6) is 0 Å². The minimum atomic E-state index is 0.0457. The van der Waals surface area contributed by atoms with Crippen molar-refractivity contribution in [3.8, 4) is 0 Å².